The Bertz CT molecular complexity index is 96.6. The van der Waals surface area contributed by atoms with Gasteiger partial charge in [0.1, 0.15) is 0 Å². The Balaban J connectivity index is 3.26. The largest absolute Gasteiger partial charge is 0.323 e. The van der Waals surface area contributed by atoms with Crippen LogP contribution in [0.15, 0.2) is 0 Å². The molecule has 49 valence electrons. The summed E-state index contributed by atoms with van der Waals surface area (Å²) >= 11 is 0. The highest BCUT2D eigenvalue weighted by Crippen LogP contribution is 2.33. The van der Waals surface area contributed by atoms with Gasteiger partial charge in [0.05, 0.1) is 7.14 Å². The number of hydrogen-bond acceptors (Lipinski definition) is 2. The van der Waals surface area contributed by atoms with Gasteiger partial charge in [-0.2, -0.15) is 0 Å². The SMILES string of the molecule is C[CH]NCP(C)(C)=O. The maximum atomic E-state index is 10.9. The summed E-state index contributed by atoms with van der Waals surface area (Å²) in [5.74, 6) is 0. The molecule has 8 heavy (non-hydrogen) atoms. The molecule has 0 atom stereocenters. The molecular formula is C5H13NOP. The van der Waals surface area contributed by atoms with Crippen LogP contribution < -0.4 is 5.32 Å². The average molecular weight is 134 g/mol. The van der Waals surface area contributed by atoms with Gasteiger partial charge in [-0.3, -0.25) is 0 Å². The van der Waals surface area contributed by atoms with E-state index in [1.807, 2.05) is 6.92 Å². The lowest BCUT2D eigenvalue weighted by molar-refractivity contribution is 0.579. The van der Waals surface area contributed by atoms with E-state index in [1.165, 1.54) is 0 Å². The lowest BCUT2D eigenvalue weighted by atomic mass is 10.8. The second kappa shape index (κ2) is 3.26. The van der Waals surface area contributed by atoms with Gasteiger partial charge in [-0.05, 0) is 20.3 Å². The van der Waals surface area contributed by atoms with Gasteiger partial charge in [0.2, 0.25) is 0 Å². The van der Waals surface area contributed by atoms with E-state index in [-0.39, 0.29) is 0 Å². The fourth-order valence-corrected chi connectivity index (χ4v) is 0.933. The summed E-state index contributed by atoms with van der Waals surface area (Å²) in [5.41, 5.74) is 0. The first-order valence-electron chi connectivity index (χ1n) is 2.61. The van der Waals surface area contributed by atoms with Crippen LogP contribution in [0.5, 0.6) is 0 Å². The van der Waals surface area contributed by atoms with Crippen molar-refractivity contribution in [1.29, 1.82) is 0 Å². The molecule has 0 aromatic carbocycles. The summed E-state index contributed by atoms with van der Waals surface area (Å²) in [6.45, 7) is 7.22. The molecule has 0 aromatic heterocycles. The molecule has 0 rings (SSSR count). The van der Waals surface area contributed by atoms with E-state index in [4.69, 9.17) is 0 Å². The van der Waals surface area contributed by atoms with Gasteiger partial charge in [0, 0.05) is 12.8 Å². The van der Waals surface area contributed by atoms with Gasteiger partial charge < -0.3 is 9.88 Å². The second-order valence-electron chi connectivity index (χ2n) is 2.22. The van der Waals surface area contributed by atoms with Crippen molar-refractivity contribution in [1.82, 2.24) is 5.32 Å². The Labute approximate surface area is 51.0 Å². The van der Waals surface area contributed by atoms with Crippen molar-refractivity contribution < 1.29 is 4.57 Å². The summed E-state index contributed by atoms with van der Waals surface area (Å²) in [7, 11) is -1.82. The van der Waals surface area contributed by atoms with Crippen LogP contribution >= 0.6 is 7.14 Å². The average Bonchev–Trinajstić information content (AvgIpc) is 1.59. The maximum absolute atomic E-state index is 10.9. The van der Waals surface area contributed by atoms with Crippen LogP contribution in [0, 0.1) is 6.54 Å². The minimum absolute atomic E-state index is 0.615. The lowest BCUT2D eigenvalue weighted by Gasteiger charge is -2.04. The molecule has 0 saturated carbocycles. The Kier molecular flexibility index (Phi) is 3.34. The van der Waals surface area contributed by atoms with E-state index in [2.05, 4.69) is 5.32 Å². The smallest absolute Gasteiger partial charge is 0.0949 e. The van der Waals surface area contributed by atoms with Crippen molar-refractivity contribution in [3.8, 4) is 0 Å². The summed E-state index contributed by atoms with van der Waals surface area (Å²) in [6, 6.07) is 0. The maximum Gasteiger partial charge on any atom is 0.0949 e. The lowest BCUT2D eigenvalue weighted by Crippen LogP contribution is -2.08. The summed E-state index contributed by atoms with van der Waals surface area (Å²) in [5, 5.41) is 2.90. The predicted octanol–water partition coefficient (Wildman–Crippen LogP) is 1.34. The molecule has 0 heterocycles. The molecule has 0 spiro atoms. The zero-order valence-electron chi connectivity index (χ0n) is 5.64. The van der Waals surface area contributed by atoms with Crippen molar-refractivity contribution in [3.63, 3.8) is 0 Å². The van der Waals surface area contributed by atoms with E-state index in [0.29, 0.717) is 6.29 Å². The Morgan fingerprint density at radius 3 is 2.25 bits per heavy atom. The Morgan fingerprint density at radius 2 is 2.12 bits per heavy atom. The van der Waals surface area contributed by atoms with Crippen molar-refractivity contribution in [2.45, 2.75) is 6.92 Å². The molecule has 0 bridgehead atoms. The van der Waals surface area contributed by atoms with E-state index >= 15 is 0 Å². The van der Waals surface area contributed by atoms with Crippen LogP contribution in [0.1, 0.15) is 6.92 Å². The molecule has 0 saturated heterocycles. The van der Waals surface area contributed by atoms with Gasteiger partial charge >= 0.3 is 0 Å². The molecule has 0 fully saturated rings. The zero-order chi connectivity index (χ0) is 6.62. The summed E-state index contributed by atoms with van der Waals surface area (Å²) in [4.78, 5) is 0. The first-order valence-corrected chi connectivity index (χ1v) is 5.40. The Hall–Kier alpha value is 0.190. The number of hydrogen-bond donors (Lipinski definition) is 1. The quantitative estimate of drug-likeness (QED) is 0.590. The third kappa shape index (κ3) is 6.19. The Morgan fingerprint density at radius 1 is 1.62 bits per heavy atom. The molecule has 0 amide bonds. The normalized spacial score (nSPS) is 11.9. The van der Waals surface area contributed by atoms with Crippen molar-refractivity contribution in [2.75, 3.05) is 19.6 Å². The summed E-state index contributed by atoms with van der Waals surface area (Å²) < 4.78 is 10.9. The highest BCUT2D eigenvalue weighted by Gasteiger charge is 2.02. The number of nitrogens with one attached hydrogen (secondary N) is 1. The molecule has 1 N–H and O–H groups in total. The molecule has 1 radical (unpaired) electrons. The first-order chi connectivity index (χ1) is 3.56. The minimum atomic E-state index is -1.82. The van der Waals surface area contributed by atoms with Gasteiger partial charge in [-0.25, -0.2) is 0 Å². The van der Waals surface area contributed by atoms with E-state index < -0.39 is 7.14 Å². The van der Waals surface area contributed by atoms with Crippen LogP contribution in [-0.2, 0) is 4.57 Å². The molecule has 0 aliphatic heterocycles. The molecule has 0 unspecified atom stereocenters. The highest BCUT2D eigenvalue weighted by molar-refractivity contribution is 7.62. The fourth-order valence-electron chi connectivity index (χ4n) is 0.311. The van der Waals surface area contributed by atoms with Gasteiger partial charge in [-0.15, -0.1) is 0 Å². The third-order valence-corrected chi connectivity index (χ3v) is 1.62. The van der Waals surface area contributed by atoms with Gasteiger partial charge in [0.25, 0.3) is 0 Å². The monoisotopic (exact) mass is 134 g/mol. The summed E-state index contributed by atoms with van der Waals surface area (Å²) in [6.07, 6.45) is 0.615. The van der Waals surface area contributed by atoms with Gasteiger partial charge in [0.15, 0.2) is 0 Å². The van der Waals surface area contributed by atoms with Crippen molar-refractivity contribution in [3.05, 3.63) is 6.54 Å². The van der Waals surface area contributed by atoms with E-state index in [0.717, 1.165) is 0 Å². The van der Waals surface area contributed by atoms with Gasteiger partial charge in [-0.1, -0.05) is 0 Å². The van der Waals surface area contributed by atoms with Crippen LogP contribution in [0.2, 0.25) is 0 Å². The fraction of sp³-hybridized carbons (Fsp3) is 0.800. The topological polar surface area (TPSA) is 29.1 Å². The molecular weight excluding hydrogens is 121 g/mol. The second-order valence-corrected chi connectivity index (χ2v) is 5.69. The molecule has 0 aliphatic rings. The first kappa shape index (κ1) is 8.19. The molecule has 0 aliphatic carbocycles. The van der Waals surface area contributed by atoms with Crippen LogP contribution in [0.4, 0.5) is 0 Å². The van der Waals surface area contributed by atoms with E-state index in [9.17, 15) is 4.57 Å². The zero-order valence-corrected chi connectivity index (χ0v) is 6.53. The molecule has 3 heteroatoms. The molecule has 2 nitrogen and oxygen atoms in total. The van der Waals surface area contributed by atoms with Crippen molar-refractivity contribution >= 4 is 7.14 Å². The third-order valence-electron chi connectivity index (χ3n) is 0.676. The van der Waals surface area contributed by atoms with Crippen LogP contribution in [0.25, 0.3) is 0 Å². The molecule has 0 aromatic rings. The number of rotatable bonds is 3. The van der Waals surface area contributed by atoms with Crippen LogP contribution in [-0.4, -0.2) is 19.6 Å². The standard InChI is InChI=1S/C5H13NOP/c1-4-6-5-8(2,3)7/h4,6H,5H2,1-3H3. The predicted molar refractivity (Wildman–Crippen MR) is 37.4 cm³/mol. The van der Waals surface area contributed by atoms with Crippen LogP contribution in [0.3, 0.4) is 0 Å². The van der Waals surface area contributed by atoms with Crippen molar-refractivity contribution in [2.24, 2.45) is 0 Å². The highest BCUT2D eigenvalue weighted by atomic mass is 31.2. The minimum Gasteiger partial charge on any atom is -0.323 e. The van der Waals surface area contributed by atoms with E-state index in [1.54, 1.807) is 19.9 Å².